The lowest BCUT2D eigenvalue weighted by Gasteiger charge is -2.20. The van der Waals surface area contributed by atoms with Crippen LogP contribution in [0.2, 0.25) is 0 Å². The van der Waals surface area contributed by atoms with Crippen molar-refractivity contribution in [2.45, 2.75) is 39.8 Å². The number of hydrogen-bond donors (Lipinski definition) is 1. The maximum Gasteiger partial charge on any atom is 0.203 e. The molecule has 0 radical (unpaired) electrons. The van der Waals surface area contributed by atoms with Crippen LogP contribution in [0.3, 0.4) is 0 Å². The molecule has 4 heteroatoms. The van der Waals surface area contributed by atoms with Crippen LogP contribution in [0.25, 0.3) is 11.0 Å². The normalized spacial score (nSPS) is 12.4. The Kier molecular flexibility index (Phi) is 6.38. The van der Waals surface area contributed by atoms with Gasteiger partial charge in [-0.25, -0.2) is 0 Å². The van der Waals surface area contributed by atoms with Gasteiger partial charge in [0, 0.05) is 6.61 Å². The summed E-state index contributed by atoms with van der Waals surface area (Å²) in [6.07, 6.45) is 0.829. The first-order valence-electron chi connectivity index (χ1n) is 11.0. The van der Waals surface area contributed by atoms with Crippen molar-refractivity contribution in [1.82, 2.24) is 9.13 Å². The van der Waals surface area contributed by atoms with E-state index in [2.05, 4.69) is 95.8 Å². The molecule has 160 valence electrons. The maximum absolute atomic E-state index is 9.10. The SMILES string of the molecule is CCOCC(Cc1ccc(C)cc1)n1c(=N)n(Cc2ccc(C)cc2)c2ccccc21. The van der Waals surface area contributed by atoms with Crippen molar-refractivity contribution >= 4 is 11.0 Å². The summed E-state index contributed by atoms with van der Waals surface area (Å²) in [5.74, 6) is 0. The average Bonchev–Trinajstić information content (AvgIpc) is 3.05. The number of nitrogens with one attached hydrogen (secondary N) is 1. The van der Waals surface area contributed by atoms with Gasteiger partial charge in [0.05, 0.1) is 30.2 Å². The van der Waals surface area contributed by atoms with Crippen molar-refractivity contribution in [1.29, 1.82) is 5.41 Å². The van der Waals surface area contributed by atoms with E-state index in [1.54, 1.807) is 0 Å². The van der Waals surface area contributed by atoms with Gasteiger partial charge in [-0.1, -0.05) is 71.8 Å². The third kappa shape index (κ3) is 4.64. The quantitative estimate of drug-likeness (QED) is 0.412. The molecule has 1 unspecified atom stereocenters. The highest BCUT2D eigenvalue weighted by Gasteiger charge is 2.19. The Morgan fingerprint density at radius 3 is 2.00 bits per heavy atom. The van der Waals surface area contributed by atoms with Crippen LogP contribution in [0, 0.1) is 19.3 Å². The molecular formula is C27H31N3O. The van der Waals surface area contributed by atoms with E-state index in [9.17, 15) is 0 Å². The number of benzene rings is 3. The van der Waals surface area contributed by atoms with E-state index >= 15 is 0 Å². The first kappa shape index (κ1) is 21.1. The van der Waals surface area contributed by atoms with Crippen LogP contribution in [-0.2, 0) is 17.7 Å². The summed E-state index contributed by atoms with van der Waals surface area (Å²) in [5, 5.41) is 9.10. The third-order valence-corrected chi connectivity index (χ3v) is 5.85. The molecule has 1 aromatic heterocycles. The van der Waals surface area contributed by atoms with Gasteiger partial charge in [-0.05, 0) is 50.5 Å². The molecule has 1 heterocycles. The van der Waals surface area contributed by atoms with Gasteiger partial charge in [-0.15, -0.1) is 0 Å². The second kappa shape index (κ2) is 9.36. The Bertz CT molecular complexity index is 1200. The van der Waals surface area contributed by atoms with Crippen LogP contribution in [-0.4, -0.2) is 22.3 Å². The third-order valence-electron chi connectivity index (χ3n) is 5.85. The number of ether oxygens (including phenoxy) is 1. The van der Waals surface area contributed by atoms with Gasteiger partial charge in [0.1, 0.15) is 0 Å². The summed E-state index contributed by atoms with van der Waals surface area (Å²) >= 11 is 0. The summed E-state index contributed by atoms with van der Waals surface area (Å²) in [6.45, 7) is 8.16. The number of rotatable bonds is 8. The first-order chi connectivity index (χ1) is 15.1. The van der Waals surface area contributed by atoms with Gasteiger partial charge in [-0.2, -0.15) is 0 Å². The molecule has 4 rings (SSSR count). The molecule has 1 atom stereocenters. The minimum atomic E-state index is 0.0549. The minimum absolute atomic E-state index is 0.0549. The number of fused-ring (bicyclic) bond motifs is 1. The zero-order valence-corrected chi connectivity index (χ0v) is 18.6. The van der Waals surface area contributed by atoms with Crippen LogP contribution in [0.1, 0.15) is 35.2 Å². The molecule has 1 N–H and O–H groups in total. The molecule has 0 aliphatic carbocycles. The van der Waals surface area contributed by atoms with Gasteiger partial charge in [0.25, 0.3) is 0 Å². The molecule has 0 bridgehead atoms. The van der Waals surface area contributed by atoms with E-state index in [-0.39, 0.29) is 6.04 Å². The van der Waals surface area contributed by atoms with Crippen LogP contribution < -0.4 is 5.62 Å². The molecule has 0 spiro atoms. The van der Waals surface area contributed by atoms with Gasteiger partial charge >= 0.3 is 0 Å². The second-order valence-electron chi connectivity index (χ2n) is 8.26. The maximum atomic E-state index is 9.10. The lowest BCUT2D eigenvalue weighted by molar-refractivity contribution is 0.112. The summed E-state index contributed by atoms with van der Waals surface area (Å²) < 4.78 is 10.1. The minimum Gasteiger partial charge on any atom is -0.380 e. The van der Waals surface area contributed by atoms with E-state index in [4.69, 9.17) is 10.1 Å². The van der Waals surface area contributed by atoms with Crippen molar-refractivity contribution in [3.05, 3.63) is 101 Å². The summed E-state index contributed by atoms with van der Waals surface area (Å²) in [5.41, 5.74) is 7.64. The fourth-order valence-corrected chi connectivity index (χ4v) is 4.13. The average molecular weight is 414 g/mol. The Morgan fingerprint density at radius 1 is 0.806 bits per heavy atom. The molecular weight excluding hydrogens is 382 g/mol. The summed E-state index contributed by atoms with van der Waals surface area (Å²) in [4.78, 5) is 0. The zero-order chi connectivity index (χ0) is 21.8. The predicted octanol–water partition coefficient (Wildman–Crippen LogP) is 5.41. The monoisotopic (exact) mass is 413 g/mol. The standard InChI is InChI=1S/C27H31N3O/c1-4-31-19-24(17-22-13-9-20(2)10-14-22)30-26-8-6-5-7-25(26)29(27(30)28)18-23-15-11-21(3)12-16-23/h5-16,24,28H,4,17-19H2,1-3H3. The fraction of sp³-hybridized carbons (Fsp3) is 0.296. The van der Waals surface area contributed by atoms with E-state index < -0.39 is 0 Å². The summed E-state index contributed by atoms with van der Waals surface area (Å²) in [6, 6.07) is 25.6. The Morgan fingerprint density at radius 2 is 1.39 bits per heavy atom. The van der Waals surface area contributed by atoms with Gasteiger partial charge in [0.15, 0.2) is 0 Å². The molecule has 0 saturated heterocycles. The summed E-state index contributed by atoms with van der Waals surface area (Å²) in [7, 11) is 0. The highest BCUT2D eigenvalue weighted by atomic mass is 16.5. The van der Waals surface area contributed by atoms with Crippen LogP contribution in [0.15, 0.2) is 72.8 Å². The largest absolute Gasteiger partial charge is 0.380 e. The molecule has 3 aromatic carbocycles. The Labute approximate surface area is 184 Å². The van der Waals surface area contributed by atoms with E-state index in [0.29, 0.717) is 25.4 Å². The second-order valence-corrected chi connectivity index (χ2v) is 8.26. The number of imidazole rings is 1. The molecule has 0 saturated carbocycles. The van der Waals surface area contributed by atoms with Crippen LogP contribution >= 0.6 is 0 Å². The number of aryl methyl sites for hydroxylation is 2. The number of aromatic nitrogens is 2. The van der Waals surface area contributed by atoms with Gasteiger partial charge < -0.3 is 13.9 Å². The molecule has 0 aliphatic rings. The topological polar surface area (TPSA) is 42.9 Å². The van der Waals surface area contributed by atoms with E-state index in [1.165, 1.54) is 22.3 Å². The fourth-order valence-electron chi connectivity index (χ4n) is 4.13. The number of para-hydroxylation sites is 2. The van der Waals surface area contributed by atoms with Crippen LogP contribution in [0.4, 0.5) is 0 Å². The molecule has 0 fully saturated rings. The van der Waals surface area contributed by atoms with E-state index in [1.807, 2.05) is 6.92 Å². The number of nitrogens with zero attached hydrogens (tertiary/aromatic N) is 2. The number of hydrogen-bond acceptors (Lipinski definition) is 2. The molecule has 0 amide bonds. The highest BCUT2D eigenvalue weighted by Crippen LogP contribution is 2.22. The van der Waals surface area contributed by atoms with Crippen molar-refractivity contribution in [3.8, 4) is 0 Å². The molecule has 4 nitrogen and oxygen atoms in total. The molecule has 4 aromatic rings. The van der Waals surface area contributed by atoms with Crippen molar-refractivity contribution in [3.63, 3.8) is 0 Å². The van der Waals surface area contributed by atoms with Crippen LogP contribution in [0.5, 0.6) is 0 Å². The first-order valence-corrected chi connectivity index (χ1v) is 11.0. The Hall–Kier alpha value is -3.11. The van der Waals surface area contributed by atoms with Crippen molar-refractivity contribution in [2.24, 2.45) is 0 Å². The van der Waals surface area contributed by atoms with E-state index in [0.717, 1.165) is 17.5 Å². The van der Waals surface area contributed by atoms with Gasteiger partial charge in [-0.3, -0.25) is 5.41 Å². The van der Waals surface area contributed by atoms with Crippen molar-refractivity contribution < 1.29 is 4.74 Å². The lowest BCUT2D eigenvalue weighted by Crippen LogP contribution is -2.31. The molecule has 31 heavy (non-hydrogen) atoms. The molecule has 0 aliphatic heterocycles. The van der Waals surface area contributed by atoms with Crippen molar-refractivity contribution in [2.75, 3.05) is 13.2 Å². The smallest absolute Gasteiger partial charge is 0.203 e. The highest BCUT2D eigenvalue weighted by molar-refractivity contribution is 5.76. The Balaban J connectivity index is 1.78. The van der Waals surface area contributed by atoms with Gasteiger partial charge in [0.2, 0.25) is 5.62 Å². The lowest BCUT2D eigenvalue weighted by atomic mass is 10.0. The predicted molar refractivity (Wildman–Crippen MR) is 126 cm³/mol. The zero-order valence-electron chi connectivity index (χ0n) is 18.6.